The van der Waals surface area contributed by atoms with Gasteiger partial charge in [0.15, 0.2) is 6.61 Å². The van der Waals surface area contributed by atoms with Crippen LogP contribution in [0.5, 0.6) is 0 Å². The number of nitrogens with one attached hydrogen (secondary N) is 1. The Hall–Kier alpha value is -2.78. The smallest absolute Gasteiger partial charge is 0.338 e. The molecule has 1 fully saturated rings. The summed E-state index contributed by atoms with van der Waals surface area (Å²) in [4.78, 5) is 24.2. The topological polar surface area (TPSA) is 92.8 Å². The molecule has 7 nitrogen and oxygen atoms in total. The number of rotatable bonds is 8. The molecule has 1 saturated carbocycles. The minimum atomic E-state index is -3.65. The first-order valence-corrected chi connectivity index (χ1v) is 12.0. The van der Waals surface area contributed by atoms with Gasteiger partial charge in [0.05, 0.1) is 10.5 Å². The second-order valence-electron chi connectivity index (χ2n) is 7.82. The van der Waals surface area contributed by atoms with E-state index in [2.05, 4.69) is 5.32 Å². The molecule has 1 amide bonds. The predicted octanol–water partition coefficient (Wildman–Crippen LogP) is 3.25. The molecule has 1 aliphatic rings. The van der Waals surface area contributed by atoms with Crippen LogP contribution >= 0.6 is 0 Å². The van der Waals surface area contributed by atoms with Crippen LogP contribution in [0.3, 0.4) is 0 Å². The third kappa shape index (κ3) is 6.14. The maximum atomic E-state index is 12.9. The van der Waals surface area contributed by atoms with E-state index in [1.807, 2.05) is 0 Å². The number of ether oxygens (including phenoxy) is 1. The lowest BCUT2D eigenvalue weighted by Gasteiger charge is -2.30. The van der Waals surface area contributed by atoms with Crippen molar-refractivity contribution in [3.8, 4) is 0 Å². The zero-order chi connectivity index (χ0) is 23.1. The number of amides is 1. The summed E-state index contributed by atoms with van der Waals surface area (Å²) >= 11 is 0. The number of benzene rings is 2. The highest BCUT2D eigenvalue weighted by Gasteiger charge is 2.29. The Morgan fingerprint density at radius 3 is 2.28 bits per heavy atom. The molecule has 1 N–H and O–H groups in total. The van der Waals surface area contributed by atoms with Gasteiger partial charge >= 0.3 is 5.97 Å². The van der Waals surface area contributed by atoms with Gasteiger partial charge < -0.3 is 10.1 Å². The zero-order valence-electron chi connectivity index (χ0n) is 17.9. The fraction of sp³-hybridized carbons (Fsp3) is 0.391. The number of hydrogen-bond acceptors (Lipinski definition) is 5. The molecular weight excluding hydrogens is 435 g/mol. The normalized spacial score (nSPS) is 14.8. The van der Waals surface area contributed by atoms with Crippen LogP contribution in [0.4, 0.5) is 4.39 Å². The number of esters is 1. The van der Waals surface area contributed by atoms with Crippen LogP contribution in [0, 0.1) is 5.82 Å². The Balaban J connectivity index is 1.51. The summed E-state index contributed by atoms with van der Waals surface area (Å²) in [5, 5.41) is 2.57. The van der Waals surface area contributed by atoms with Crippen LogP contribution < -0.4 is 5.32 Å². The monoisotopic (exact) mass is 462 g/mol. The summed E-state index contributed by atoms with van der Waals surface area (Å²) in [7, 11) is -2.05. The van der Waals surface area contributed by atoms with Crippen LogP contribution in [0.2, 0.25) is 0 Å². The number of carbonyl (C=O) groups excluding carboxylic acids is 2. The molecule has 0 heterocycles. The third-order valence-electron chi connectivity index (χ3n) is 5.59. The van der Waals surface area contributed by atoms with Crippen LogP contribution in [0.25, 0.3) is 0 Å². The van der Waals surface area contributed by atoms with E-state index in [0.29, 0.717) is 5.56 Å². The van der Waals surface area contributed by atoms with Crippen molar-refractivity contribution >= 4 is 21.9 Å². The minimum absolute atomic E-state index is 0.00758. The largest absolute Gasteiger partial charge is 0.452 e. The van der Waals surface area contributed by atoms with Gasteiger partial charge in [-0.25, -0.2) is 17.6 Å². The Bertz CT molecular complexity index is 1030. The van der Waals surface area contributed by atoms with Crippen molar-refractivity contribution < 1.29 is 27.1 Å². The van der Waals surface area contributed by atoms with Gasteiger partial charge in [-0.3, -0.25) is 4.79 Å². The van der Waals surface area contributed by atoms with E-state index in [1.165, 1.54) is 40.7 Å². The van der Waals surface area contributed by atoms with E-state index < -0.39 is 28.5 Å². The maximum absolute atomic E-state index is 12.9. The van der Waals surface area contributed by atoms with Gasteiger partial charge in [-0.05, 0) is 54.8 Å². The fourth-order valence-electron chi connectivity index (χ4n) is 3.64. The van der Waals surface area contributed by atoms with E-state index >= 15 is 0 Å². The molecule has 32 heavy (non-hydrogen) atoms. The first-order chi connectivity index (χ1) is 15.3. The Morgan fingerprint density at radius 2 is 1.66 bits per heavy atom. The van der Waals surface area contributed by atoms with Gasteiger partial charge in [0.1, 0.15) is 5.82 Å². The fourth-order valence-corrected chi connectivity index (χ4v) is 5.05. The summed E-state index contributed by atoms with van der Waals surface area (Å²) in [6, 6.07) is 11.2. The number of nitrogens with zero attached hydrogens (tertiary/aromatic N) is 1. The summed E-state index contributed by atoms with van der Waals surface area (Å²) in [5.41, 5.74) is 0.858. The molecular formula is C23H27FN2O5S. The summed E-state index contributed by atoms with van der Waals surface area (Å²) in [6.07, 6.45) is 4.87. The standard InChI is InChI=1S/C23H27FN2O5S/c1-26(20-5-3-2-4-6-20)32(29,30)21-13-9-18(10-14-21)23(28)31-16-22(27)25-15-17-7-11-19(24)12-8-17/h7-14,20H,2-6,15-16H2,1H3,(H,25,27). The van der Waals surface area contributed by atoms with E-state index in [-0.39, 0.29) is 28.9 Å². The van der Waals surface area contributed by atoms with Gasteiger partial charge in [0, 0.05) is 19.6 Å². The molecule has 0 spiro atoms. The lowest BCUT2D eigenvalue weighted by molar-refractivity contribution is -0.124. The SMILES string of the molecule is CN(C1CCCCC1)S(=O)(=O)c1ccc(C(=O)OCC(=O)NCc2ccc(F)cc2)cc1. The van der Waals surface area contributed by atoms with Crippen molar-refractivity contribution in [1.29, 1.82) is 0 Å². The van der Waals surface area contributed by atoms with Crippen molar-refractivity contribution in [2.75, 3.05) is 13.7 Å². The van der Waals surface area contributed by atoms with Crippen LogP contribution in [-0.4, -0.2) is 44.3 Å². The second kappa shape index (κ2) is 10.7. The van der Waals surface area contributed by atoms with Crippen LogP contribution in [0.15, 0.2) is 53.4 Å². The molecule has 0 unspecified atom stereocenters. The van der Waals surface area contributed by atoms with E-state index in [0.717, 1.165) is 32.1 Å². The van der Waals surface area contributed by atoms with Crippen molar-refractivity contribution in [2.24, 2.45) is 0 Å². The molecule has 0 aliphatic heterocycles. The summed E-state index contributed by atoms with van der Waals surface area (Å²) in [5.74, 6) is -1.60. The molecule has 2 aromatic carbocycles. The highest BCUT2D eigenvalue weighted by atomic mass is 32.2. The number of halogens is 1. The molecule has 3 rings (SSSR count). The van der Waals surface area contributed by atoms with Gasteiger partial charge in [-0.1, -0.05) is 31.4 Å². The lowest BCUT2D eigenvalue weighted by atomic mass is 9.96. The minimum Gasteiger partial charge on any atom is -0.452 e. The van der Waals surface area contributed by atoms with Crippen LogP contribution in [0.1, 0.15) is 48.0 Å². The molecule has 2 aromatic rings. The second-order valence-corrected chi connectivity index (χ2v) is 9.81. The Kier molecular flexibility index (Phi) is 7.98. The van der Waals surface area contributed by atoms with E-state index in [1.54, 1.807) is 19.2 Å². The average Bonchev–Trinajstić information content (AvgIpc) is 2.82. The summed E-state index contributed by atoms with van der Waals surface area (Å²) in [6.45, 7) is -0.303. The van der Waals surface area contributed by atoms with Crippen LogP contribution in [-0.2, 0) is 26.1 Å². The van der Waals surface area contributed by atoms with Crippen molar-refractivity contribution in [3.05, 3.63) is 65.5 Å². The number of sulfonamides is 1. The molecule has 0 saturated heterocycles. The summed E-state index contributed by atoms with van der Waals surface area (Å²) < 4.78 is 45.0. The molecule has 0 aromatic heterocycles. The first-order valence-electron chi connectivity index (χ1n) is 10.5. The molecule has 0 bridgehead atoms. The van der Waals surface area contributed by atoms with Gasteiger partial charge in [0.2, 0.25) is 10.0 Å². The van der Waals surface area contributed by atoms with Crippen molar-refractivity contribution in [3.63, 3.8) is 0 Å². The van der Waals surface area contributed by atoms with Crippen molar-refractivity contribution in [2.45, 2.75) is 49.6 Å². The Labute approximate surface area is 187 Å². The van der Waals surface area contributed by atoms with E-state index in [4.69, 9.17) is 4.74 Å². The number of hydrogen-bond donors (Lipinski definition) is 1. The van der Waals surface area contributed by atoms with Gasteiger partial charge in [0.25, 0.3) is 5.91 Å². The van der Waals surface area contributed by atoms with E-state index in [9.17, 15) is 22.4 Å². The molecule has 0 atom stereocenters. The predicted molar refractivity (Wildman–Crippen MR) is 117 cm³/mol. The molecule has 1 aliphatic carbocycles. The molecule has 9 heteroatoms. The maximum Gasteiger partial charge on any atom is 0.338 e. The highest BCUT2D eigenvalue weighted by Crippen LogP contribution is 2.26. The molecule has 0 radical (unpaired) electrons. The Morgan fingerprint density at radius 1 is 1.03 bits per heavy atom. The average molecular weight is 463 g/mol. The molecule has 172 valence electrons. The quantitative estimate of drug-likeness (QED) is 0.608. The highest BCUT2D eigenvalue weighted by molar-refractivity contribution is 7.89. The van der Waals surface area contributed by atoms with Crippen molar-refractivity contribution in [1.82, 2.24) is 9.62 Å². The first kappa shape index (κ1) is 23.9. The lowest BCUT2D eigenvalue weighted by Crippen LogP contribution is -2.38. The van der Waals surface area contributed by atoms with Gasteiger partial charge in [-0.2, -0.15) is 4.31 Å². The van der Waals surface area contributed by atoms with Gasteiger partial charge in [-0.15, -0.1) is 0 Å². The zero-order valence-corrected chi connectivity index (χ0v) is 18.7. The third-order valence-corrected chi connectivity index (χ3v) is 7.52. The number of carbonyl (C=O) groups is 2.